The van der Waals surface area contributed by atoms with E-state index in [1.165, 1.54) is 18.8 Å². The van der Waals surface area contributed by atoms with E-state index in [-0.39, 0.29) is 70.1 Å². The number of hydrogen-bond acceptors (Lipinski definition) is 14. The molecule has 2 atom stereocenters. The number of methoxy groups -OCH3 is 2. The topological polar surface area (TPSA) is 236 Å². The van der Waals surface area contributed by atoms with Crippen molar-refractivity contribution in [2.24, 2.45) is 0 Å². The SMILES string of the molecule is COc1c(N2CCC(NC(=O)OC(C)(C)C)C2)c(F)cc2c(O)c([N+](=O)[O-])c(=O)n(C3CC3)c12.COc1c(NC2CC2)c(C(=O)O)cc(F)c1N1CCC(NC(=O)OC(C)(C)C)C1. The Morgan fingerprint density at radius 1 is 0.794 bits per heavy atom. The van der Waals surface area contributed by atoms with Gasteiger partial charge in [0.05, 0.1) is 47.9 Å². The number of carboxylic acids is 1. The van der Waals surface area contributed by atoms with Crippen molar-refractivity contribution in [3.8, 4) is 17.2 Å². The molecule has 5 N–H and O–H groups in total. The van der Waals surface area contributed by atoms with Gasteiger partial charge < -0.3 is 54.9 Å². The van der Waals surface area contributed by atoms with E-state index in [1.54, 1.807) is 51.3 Å². The molecule has 2 aromatic carbocycles. The molecule has 21 heteroatoms. The number of aromatic carboxylic acids is 1. The summed E-state index contributed by atoms with van der Waals surface area (Å²) in [6.07, 6.45) is 3.13. The van der Waals surface area contributed by atoms with Gasteiger partial charge in [-0.3, -0.25) is 19.5 Å². The first-order chi connectivity index (χ1) is 29.5. The molecule has 2 unspecified atom stereocenters. The molecule has 1 aromatic heterocycles. The van der Waals surface area contributed by atoms with Crippen molar-refractivity contribution >= 4 is 51.8 Å². The molecule has 3 heterocycles. The minimum atomic E-state index is -1.22. The maximum Gasteiger partial charge on any atom is 0.407 e. The Hall–Kier alpha value is -6.28. The Balaban J connectivity index is 0.000000213. The normalized spacial score (nSPS) is 18.6. The second kappa shape index (κ2) is 17.8. The molecule has 4 aliphatic rings. The zero-order chi connectivity index (χ0) is 46.3. The minimum Gasteiger partial charge on any atom is -0.501 e. The van der Waals surface area contributed by atoms with Crippen molar-refractivity contribution in [1.29, 1.82) is 0 Å². The molecular formula is C42H55F2N7O12. The van der Waals surface area contributed by atoms with Crippen molar-refractivity contribution in [3.05, 3.63) is 49.8 Å². The second-order valence-electron chi connectivity index (χ2n) is 18.0. The summed E-state index contributed by atoms with van der Waals surface area (Å²) >= 11 is 0. The number of nitrogens with zero attached hydrogens (tertiary/aromatic N) is 4. The molecule has 19 nitrogen and oxygen atoms in total. The molecule has 7 rings (SSSR count). The van der Waals surface area contributed by atoms with Crippen LogP contribution in [0.2, 0.25) is 0 Å². The molecule has 344 valence electrons. The third kappa shape index (κ3) is 10.5. The molecular weight excluding hydrogens is 832 g/mol. The molecule has 2 aliphatic heterocycles. The molecule has 2 aliphatic carbocycles. The van der Waals surface area contributed by atoms with Crippen LogP contribution >= 0.6 is 0 Å². The monoisotopic (exact) mass is 887 g/mol. The van der Waals surface area contributed by atoms with Gasteiger partial charge in [0.2, 0.25) is 5.75 Å². The fourth-order valence-corrected chi connectivity index (χ4v) is 7.77. The van der Waals surface area contributed by atoms with Crippen LogP contribution in [-0.2, 0) is 9.47 Å². The Morgan fingerprint density at radius 2 is 1.29 bits per heavy atom. The van der Waals surface area contributed by atoms with E-state index in [9.17, 15) is 43.9 Å². The highest BCUT2D eigenvalue weighted by molar-refractivity contribution is 5.99. The number of carbonyl (C=O) groups is 3. The van der Waals surface area contributed by atoms with Crippen molar-refractivity contribution < 1.29 is 57.2 Å². The number of alkyl carbamates (subject to hydrolysis) is 2. The van der Waals surface area contributed by atoms with Crippen LogP contribution in [0.1, 0.15) is 96.5 Å². The zero-order valence-corrected chi connectivity index (χ0v) is 36.6. The Labute approximate surface area is 361 Å². The average molecular weight is 888 g/mol. The van der Waals surface area contributed by atoms with Gasteiger partial charge in [-0.25, -0.2) is 23.2 Å². The number of aromatic nitrogens is 1. The summed E-state index contributed by atoms with van der Waals surface area (Å²) in [6, 6.07) is 1.35. The summed E-state index contributed by atoms with van der Waals surface area (Å²) < 4.78 is 53.1. The number of aromatic hydroxyl groups is 1. The molecule has 4 fully saturated rings. The van der Waals surface area contributed by atoms with Gasteiger partial charge in [0.25, 0.3) is 0 Å². The van der Waals surface area contributed by atoms with Gasteiger partial charge in [0.1, 0.15) is 28.1 Å². The summed E-state index contributed by atoms with van der Waals surface area (Å²) in [5, 5.41) is 40.0. The second-order valence-corrected chi connectivity index (χ2v) is 18.0. The Kier molecular flexibility index (Phi) is 13.1. The number of halogens is 2. The number of carboxylic acid groups (broad SMARTS) is 1. The lowest BCUT2D eigenvalue weighted by Gasteiger charge is -2.25. The number of pyridine rings is 1. The van der Waals surface area contributed by atoms with Crippen molar-refractivity contribution in [3.63, 3.8) is 0 Å². The highest BCUT2D eigenvalue weighted by atomic mass is 19.1. The summed E-state index contributed by atoms with van der Waals surface area (Å²) in [4.78, 5) is 62.7. The number of rotatable bonds is 11. The van der Waals surface area contributed by atoms with Crippen molar-refractivity contribution in [1.82, 2.24) is 15.2 Å². The van der Waals surface area contributed by atoms with Crippen LogP contribution in [-0.4, -0.2) is 108 Å². The van der Waals surface area contributed by atoms with E-state index in [0.717, 1.165) is 25.0 Å². The fourth-order valence-electron chi connectivity index (χ4n) is 7.77. The quantitative estimate of drug-likeness (QED) is 0.103. The van der Waals surface area contributed by atoms with Crippen molar-refractivity contribution in [2.75, 3.05) is 55.5 Å². The Bertz CT molecular complexity index is 2350. The first-order valence-electron chi connectivity index (χ1n) is 20.7. The highest BCUT2D eigenvalue weighted by Crippen LogP contribution is 2.48. The number of ether oxygens (including phenoxy) is 4. The lowest BCUT2D eigenvalue weighted by molar-refractivity contribution is -0.387. The number of carbonyl (C=O) groups excluding carboxylic acids is 2. The lowest BCUT2D eigenvalue weighted by atomic mass is 10.1. The largest absolute Gasteiger partial charge is 0.501 e. The van der Waals surface area contributed by atoms with E-state index in [4.69, 9.17) is 18.9 Å². The first kappa shape index (κ1) is 46.2. The van der Waals surface area contributed by atoms with Gasteiger partial charge >= 0.3 is 29.4 Å². The number of anilines is 3. The molecule has 2 saturated carbocycles. The predicted molar refractivity (Wildman–Crippen MR) is 228 cm³/mol. The van der Waals surface area contributed by atoms with Gasteiger partial charge in [0.15, 0.2) is 23.1 Å². The van der Waals surface area contributed by atoms with E-state index in [1.807, 2.05) is 0 Å². The van der Waals surface area contributed by atoms with Gasteiger partial charge in [-0.1, -0.05) is 0 Å². The summed E-state index contributed by atoms with van der Waals surface area (Å²) in [7, 11) is 2.71. The third-order valence-corrected chi connectivity index (χ3v) is 10.6. The van der Waals surface area contributed by atoms with Crippen molar-refractivity contribution in [2.45, 2.75) is 115 Å². The molecule has 0 spiro atoms. The van der Waals surface area contributed by atoms with Crippen LogP contribution in [0.5, 0.6) is 17.2 Å². The van der Waals surface area contributed by atoms with E-state index >= 15 is 4.39 Å². The summed E-state index contributed by atoms with van der Waals surface area (Å²) in [5.41, 5.74) is -2.70. The molecule has 2 amide bonds. The van der Waals surface area contributed by atoms with Crippen LogP contribution in [0.15, 0.2) is 16.9 Å². The van der Waals surface area contributed by atoms with Crippen LogP contribution in [0.3, 0.4) is 0 Å². The lowest BCUT2D eigenvalue weighted by Crippen LogP contribution is -2.40. The van der Waals surface area contributed by atoms with E-state index in [0.29, 0.717) is 51.0 Å². The molecule has 2 saturated heterocycles. The predicted octanol–water partition coefficient (Wildman–Crippen LogP) is 6.41. The molecule has 3 aromatic rings. The fraction of sp³-hybridized carbons (Fsp3) is 0.571. The summed E-state index contributed by atoms with van der Waals surface area (Å²) in [6.45, 7) is 12.1. The van der Waals surface area contributed by atoms with Gasteiger partial charge in [-0.15, -0.1) is 0 Å². The van der Waals surface area contributed by atoms with Crippen LogP contribution in [0.4, 0.5) is 41.1 Å². The number of nitrogens with one attached hydrogen (secondary N) is 3. The number of hydrogen-bond donors (Lipinski definition) is 5. The van der Waals surface area contributed by atoms with Gasteiger partial charge in [-0.2, -0.15) is 0 Å². The number of amides is 2. The number of nitro groups is 1. The van der Waals surface area contributed by atoms with Crippen LogP contribution in [0.25, 0.3) is 10.9 Å². The smallest absolute Gasteiger partial charge is 0.407 e. The first-order valence-corrected chi connectivity index (χ1v) is 20.7. The van der Waals surface area contributed by atoms with Gasteiger partial charge in [0, 0.05) is 38.3 Å². The number of fused-ring (bicyclic) bond motifs is 1. The number of benzene rings is 2. The third-order valence-electron chi connectivity index (χ3n) is 10.6. The Morgan fingerprint density at radius 3 is 1.71 bits per heavy atom. The highest BCUT2D eigenvalue weighted by Gasteiger charge is 2.39. The van der Waals surface area contributed by atoms with E-state index in [2.05, 4.69) is 16.0 Å². The molecule has 0 bridgehead atoms. The molecule has 0 radical (unpaired) electrons. The van der Waals surface area contributed by atoms with Crippen LogP contribution < -0.4 is 40.8 Å². The molecule has 63 heavy (non-hydrogen) atoms. The minimum absolute atomic E-state index is 0.00196. The standard InChI is InChI=1S/C22H27FN4O7.C20H28FN3O5/c1-22(2,3)34-21(30)24-11-7-8-25(10-11)16-14(23)9-13-15(19(16)33-4)26(12-5-6-12)20(29)17(18(13)28)27(31)32;1-20(2,3)29-19(27)23-12-7-8-24(10-12)16-14(21)9-13(18(25)26)15(17(16)28-4)22-11-5-6-11/h9,11-12,28H,5-8,10H2,1-4H3,(H,24,30);9,11-12,22H,5-8,10H2,1-4H3,(H,23,27)(H,25,26). The maximum atomic E-state index is 15.4. The summed E-state index contributed by atoms with van der Waals surface area (Å²) in [5.74, 6) is -3.37. The maximum absolute atomic E-state index is 15.4. The average Bonchev–Trinajstić information content (AvgIpc) is 4.09. The zero-order valence-electron chi connectivity index (χ0n) is 36.6. The van der Waals surface area contributed by atoms with Gasteiger partial charge in [-0.05, 0) is 92.2 Å². The van der Waals surface area contributed by atoms with Crippen LogP contribution in [0, 0.1) is 21.7 Å². The van der Waals surface area contributed by atoms with E-state index < -0.39 is 62.9 Å².